The molecule has 2 nitrogen and oxygen atoms in total. The highest BCUT2D eigenvalue weighted by atomic mass is 16.6. The maximum absolute atomic E-state index is 5.41. The number of rotatable bonds is 11. The van der Waals surface area contributed by atoms with Gasteiger partial charge in [-0.3, -0.25) is 0 Å². The van der Waals surface area contributed by atoms with Gasteiger partial charge < -0.3 is 9.22 Å². The minimum Gasteiger partial charge on any atom is -0.367 e. The zero-order valence-corrected chi connectivity index (χ0v) is 12.7. The van der Waals surface area contributed by atoms with Gasteiger partial charge in [-0.1, -0.05) is 25.5 Å². The zero-order valence-electron chi connectivity index (χ0n) is 12.7. The molecule has 0 aromatic heterocycles. The Morgan fingerprint density at radius 2 is 1.72 bits per heavy atom. The van der Waals surface area contributed by atoms with Crippen molar-refractivity contribution in [1.29, 1.82) is 0 Å². The molecule has 0 saturated carbocycles. The van der Waals surface area contributed by atoms with Gasteiger partial charge in [0.05, 0.1) is 26.2 Å². The number of epoxide rings is 1. The molecule has 1 aliphatic rings. The molecule has 1 rings (SSSR count). The highest BCUT2D eigenvalue weighted by molar-refractivity contribution is 4.80. The number of unbranched alkanes of at least 4 members (excludes halogenated alkanes) is 3. The molecule has 1 atom stereocenters. The summed E-state index contributed by atoms with van der Waals surface area (Å²) in [7, 11) is 0. The third kappa shape index (κ3) is 6.01. The Labute approximate surface area is 114 Å². The van der Waals surface area contributed by atoms with E-state index >= 15 is 0 Å². The molecule has 0 spiro atoms. The van der Waals surface area contributed by atoms with Gasteiger partial charge in [-0.25, -0.2) is 0 Å². The standard InChI is InChI=1S/C16H32NO/c1-4-7-8-9-10-11-12-13-17(5-2,6-3)14-16-15-18-16/h8-9,16H,4-7,10-15H2,1-3H3/q+1/b9-8+. The van der Waals surface area contributed by atoms with Gasteiger partial charge in [-0.05, 0) is 39.5 Å². The Bertz CT molecular complexity index is 229. The molecule has 0 N–H and O–H groups in total. The molecule has 18 heavy (non-hydrogen) atoms. The predicted octanol–water partition coefficient (Wildman–Crippen LogP) is 3.77. The quantitative estimate of drug-likeness (QED) is 0.237. The smallest absolute Gasteiger partial charge is 0.130 e. The predicted molar refractivity (Wildman–Crippen MR) is 78.7 cm³/mol. The van der Waals surface area contributed by atoms with Crippen LogP contribution in [0.5, 0.6) is 0 Å². The molecule has 0 radical (unpaired) electrons. The van der Waals surface area contributed by atoms with Crippen LogP contribution in [0.4, 0.5) is 0 Å². The van der Waals surface area contributed by atoms with E-state index < -0.39 is 0 Å². The van der Waals surface area contributed by atoms with Crippen LogP contribution in [0.25, 0.3) is 0 Å². The topological polar surface area (TPSA) is 12.5 Å². The SMILES string of the molecule is CCC/C=C/CCCC[N+](CC)(CC)CC1CO1. The van der Waals surface area contributed by atoms with Crippen molar-refractivity contribution in [2.75, 3.05) is 32.8 Å². The van der Waals surface area contributed by atoms with Crippen LogP contribution in [0.2, 0.25) is 0 Å². The molecule has 1 aliphatic heterocycles. The molecular formula is C16H32NO+. The lowest BCUT2D eigenvalue weighted by Gasteiger charge is -2.36. The van der Waals surface area contributed by atoms with Crippen LogP contribution in [0.3, 0.4) is 0 Å². The average Bonchev–Trinajstić information content (AvgIpc) is 3.20. The van der Waals surface area contributed by atoms with Crippen molar-refractivity contribution >= 4 is 0 Å². The van der Waals surface area contributed by atoms with Crippen molar-refractivity contribution in [3.05, 3.63) is 12.2 Å². The Morgan fingerprint density at radius 1 is 1.06 bits per heavy atom. The summed E-state index contributed by atoms with van der Waals surface area (Å²) in [5.74, 6) is 0. The van der Waals surface area contributed by atoms with E-state index in [0.717, 1.165) is 6.61 Å². The second-order valence-corrected chi connectivity index (χ2v) is 5.59. The lowest BCUT2D eigenvalue weighted by molar-refractivity contribution is -0.925. The first-order valence-electron chi connectivity index (χ1n) is 7.88. The van der Waals surface area contributed by atoms with Crippen molar-refractivity contribution in [3.8, 4) is 0 Å². The van der Waals surface area contributed by atoms with E-state index in [2.05, 4.69) is 32.9 Å². The minimum absolute atomic E-state index is 0.564. The van der Waals surface area contributed by atoms with Crippen LogP contribution in [-0.2, 0) is 4.74 Å². The zero-order chi connectivity index (χ0) is 13.3. The van der Waals surface area contributed by atoms with Crippen LogP contribution >= 0.6 is 0 Å². The number of ether oxygens (including phenoxy) is 1. The maximum Gasteiger partial charge on any atom is 0.130 e. The molecule has 0 bridgehead atoms. The molecular weight excluding hydrogens is 222 g/mol. The lowest BCUT2D eigenvalue weighted by atomic mass is 10.1. The van der Waals surface area contributed by atoms with Crippen LogP contribution < -0.4 is 0 Å². The molecule has 0 aromatic carbocycles. The molecule has 2 heteroatoms. The second-order valence-electron chi connectivity index (χ2n) is 5.59. The van der Waals surface area contributed by atoms with Gasteiger partial charge in [-0.15, -0.1) is 0 Å². The van der Waals surface area contributed by atoms with E-state index in [4.69, 9.17) is 4.74 Å². The van der Waals surface area contributed by atoms with Gasteiger partial charge in [-0.2, -0.15) is 0 Å². The van der Waals surface area contributed by atoms with E-state index in [-0.39, 0.29) is 0 Å². The number of hydrogen-bond donors (Lipinski definition) is 0. The first-order chi connectivity index (χ1) is 8.76. The third-order valence-electron chi connectivity index (χ3n) is 4.21. The molecule has 0 amide bonds. The van der Waals surface area contributed by atoms with E-state index in [0.29, 0.717) is 6.10 Å². The van der Waals surface area contributed by atoms with Crippen molar-refractivity contribution in [3.63, 3.8) is 0 Å². The fraction of sp³-hybridized carbons (Fsp3) is 0.875. The first-order valence-corrected chi connectivity index (χ1v) is 7.88. The molecule has 0 aliphatic carbocycles. The maximum atomic E-state index is 5.41. The Kier molecular flexibility index (Phi) is 7.60. The van der Waals surface area contributed by atoms with Gasteiger partial charge >= 0.3 is 0 Å². The lowest BCUT2D eigenvalue weighted by Crippen LogP contribution is -2.50. The number of hydrogen-bond acceptors (Lipinski definition) is 1. The van der Waals surface area contributed by atoms with Crippen LogP contribution in [0.1, 0.15) is 52.9 Å². The monoisotopic (exact) mass is 254 g/mol. The minimum atomic E-state index is 0.564. The number of quaternary nitrogens is 1. The van der Waals surface area contributed by atoms with Crippen molar-refractivity contribution in [1.82, 2.24) is 0 Å². The first kappa shape index (κ1) is 15.7. The summed E-state index contributed by atoms with van der Waals surface area (Å²) in [6.07, 6.45) is 11.7. The summed E-state index contributed by atoms with van der Waals surface area (Å²) in [5.41, 5.74) is 0. The summed E-state index contributed by atoms with van der Waals surface area (Å²) < 4.78 is 6.67. The fourth-order valence-corrected chi connectivity index (χ4v) is 2.61. The number of likely N-dealkylation sites (N-methyl/N-ethyl adjacent to an activating group) is 1. The van der Waals surface area contributed by atoms with E-state index in [1.807, 2.05) is 0 Å². The van der Waals surface area contributed by atoms with Crippen molar-refractivity contribution in [2.45, 2.75) is 59.0 Å². The Morgan fingerprint density at radius 3 is 2.28 bits per heavy atom. The molecule has 1 unspecified atom stereocenters. The summed E-state index contributed by atoms with van der Waals surface area (Å²) in [4.78, 5) is 0. The summed E-state index contributed by atoms with van der Waals surface area (Å²) in [6.45, 7) is 13.0. The van der Waals surface area contributed by atoms with Gasteiger partial charge in [0.2, 0.25) is 0 Å². The highest BCUT2D eigenvalue weighted by Crippen LogP contribution is 2.18. The Balaban J connectivity index is 2.16. The van der Waals surface area contributed by atoms with Crippen molar-refractivity contribution in [2.24, 2.45) is 0 Å². The summed E-state index contributed by atoms with van der Waals surface area (Å²) >= 11 is 0. The average molecular weight is 254 g/mol. The molecule has 1 heterocycles. The molecule has 0 aromatic rings. The van der Waals surface area contributed by atoms with Gasteiger partial charge in [0.15, 0.2) is 0 Å². The molecule has 1 fully saturated rings. The van der Waals surface area contributed by atoms with Gasteiger partial charge in [0, 0.05) is 0 Å². The Hall–Kier alpha value is -0.340. The molecule has 1 saturated heterocycles. The molecule has 106 valence electrons. The van der Waals surface area contributed by atoms with E-state index in [1.54, 1.807) is 0 Å². The normalized spacial score (nSPS) is 19.6. The second kappa shape index (κ2) is 8.71. The summed E-state index contributed by atoms with van der Waals surface area (Å²) in [6, 6.07) is 0. The van der Waals surface area contributed by atoms with Crippen LogP contribution in [0.15, 0.2) is 12.2 Å². The van der Waals surface area contributed by atoms with Crippen LogP contribution in [0, 0.1) is 0 Å². The fourth-order valence-electron chi connectivity index (χ4n) is 2.61. The largest absolute Gasteiger partial charge is 0.367 e. The van der Waals surface area contributed by atoms with Gasteiger partial charge in [0.1, 0.15) is 12.6 Å². The van der Waals surface area contributed by atoms with E-state index in [1.165, 1.54) is 62.8 Å². The van der Waals surface area contributed by atoms with Gasteiger partial charge in [0.25, 0.3) is 0 Å². The summed E-state index contributed by atoms with van der Waals surface area (Å²) in [5, 5.41) is 0. The number of nitrogens with zero attached hydrogens (tertiary/aromatic N) is 1. The number of allylic oxidation sites excluding steroid dienone is 2. The van der Waals surface area contributed by atoms with Crippen molar-refractivity contribution < 1.29 is 9.22 Å². The third-order valence-corrected chi connectivity index (χ3v) is 4.21. The van der Waals surface area contributed by atoms with E-state index in [9.17, 15) is 0 Å². The highest BCUT2D eigenvalue weighted by Gasteiger charge is 2.34. The van der Waals surface area contributed by atoms with Crippen LogP contribution in [-0.4, -0.2) is 43.4 Å².